The fourth-order valence-electron chi connectivity index (χ4n) is 2.40. The van der Waals surface area contributed by atoms with E-state index >= 15 is 0 Å². The molecule has 26 heavy (non-hydrogen) atoms. The molecule has 0 saturated carbocycles. The fraction of sp³-hybridized carbons (Fsp3) is 0. The van der Waals surface area contributed by atoms with Crippen LogP contribution in [0.1, 0.15) is 5.56 Å². The summed E-state index contributed by atoms with van der Waals surface area (Å²) in [5.41, 5.74) is 6.91. The molecule has 9 heteroatoms. The molecule has 7 nitrogen and oxygen atoms in total. The Morgan fingerprint density at radius 1 is 0.962 bits per heavy atom. The predicted octanol–water partition coefficient (Wildman–Crippen LogP) is 0.617. The van der Waals surface area contributed by atoms with Gasteiger partial charge in [0.15, 0.2) is 0 Å². The third-order valence-corrected chi connectivity index (χ3v) is 4.46. The first-order chi connectivity index (χ1) is 11.9. The topological polar surface area (TPSA) is 132 Å². The summed E-state index contributed by atoms with van der Waals surface area (Å²) in [5.74, 6) is 0. The van der Waals surface area contributed by atoms with E-state index in [0.717, 1.165) is 6.07 Å². The van der Waals surface area contributed by atoms with Gasteiger partial charge in [-0.25, -0.2) is 8.42 Å². The molecule has 0 fully saturated rings. The quantitative estimate of drug-likeness (QED) is 0.311. The Bertz CT molecular complexity index is 1150. The van der Waals surface area contributed by atoms with Gasteiger partial charge < -0.3 is 10.3 Å². The van der Waals surface area contributed by atoms with Gasteiger partial charge in [-0.3, -0.25) is 0 Å². The van der Waals surface area contributed by atoms with E-state index in [4.69, 9.17) is 11.0 Å². The molecule has 0 heterocycles. The summed E-state index contributed by atoms with van der Waals surface area (Å²) in [4.78, 5) is -0.417. The van der Waals surface area contributed by atoms with Crippen LogP contribution in [0.4, 0.5) is 17.1 Å². The van der Waals surface area contributed by atoms with Gasteiger partial charge in [0.1, 0.15) is 27.6 Å². The van der Waals surface area contributed by atoms with Crippen LogP contribution in [0.15, 0.2) is 69.7 Å². The van der Waals surface area contributed by atoms with Crippen molar-refractivity contribution in [3.05, 3.63) is 60.2 Å². The minimum Gasteiger partial charge on any atom is -0.744 e. The predicted molar refractivity (Wildman–Crippen MR) is 91.7 cm³/mol. The van der Waals surface area contributed by atoms with E-state index in [1.54, 1.807) is 42.5 Å². The summed E-state index contributed by atoms with van der Waals surface area (Å²) < 4.78 is 34.7. The fourth-order valence-corrected chi connectivity index (χ4v) is 3.11. The second-order valence-corrected chi connectivity index (χ2v) is 6.48. The molecule has 0 aliphatic carbocycles. The molecular weight excluding hydrogens is 363 g/mol. The molecule has 0 saturated heterocycles. The Morgan fingerprint density at radius 2 is 1.54 bits per heavy atom. The smallest absolute Gasteiger partial charge is 0.744 e. The van der Waals surface area contributed by atoms with Crippen LogP contribution in [-0.2, 0) is 10.1 Å². The van der Waals surface area contributed by atoms with Crippen LogP contribution in [0, 0.1) is 11.3 Å². The maximum atomic E-state index is 11.6. The van der Waals surface area contributed by atoms with Crippen molar-refractivity contribution in [2.45, 2.75) is 4.90 Å². The number of hydrogen-bond donors (Lipinski definition) is 1. The summed E-state index contributed by atoms with van der Waals surface area (Å²) in [7, 11) is -4.72. The van der Waals surface area contributed by atoms with E-state index in [2.05, 4.69) is 10.2 Å². The molecule has 0 bridgehead atoms. The second-order valence-electron chi connectivity index (χ2n) is 5.14. The molecule has 0 atom stereocenters. The van der Waals surface area contributed by atoms with Gasteiger partial charge in [0.25, 0.3) is 0 Å². The Morgan fingerprint density at radius 3 is 2.19 bits per heavy atom. The summed E-state index contributed by atoms with van der Waals surface area (Å²) >= 11 is 0. The number of fused-ring (bicyclic) bond motifs is 1. The number of rotatable bonds is 3. The Balaban J connectivity index is 0.00000243. The first kappa shape index (κ1) is 20.0. The van der Waals surface area contributed by atoms with Crippen molar-refractivity contribution in [1.29, 1.82) is 5.26 Å². The van der Waals surface area contributed by atoms with E-state index in [-0.39, 0.29) is 46.3 Å². The van der Waals surface area contributed by atoms with Crippen molar-refractivity contribution in [1.82, 2.24) is 0 Å². The molecule has 0 aliphatic rings. The second kappa shape index (κ2) is 7.95. The van der Waals surface area contributed by atoms with Gasteiger partial charge >= 0.3 is 29.6 Å². The minimum atomic E-state index is -4.72. The van der Waals surface area contributed by atoms with Crippen molar-refractivity contribution in [2.24, 2.45) is 10.2 Å². The molecule has 0 unspecified atom stereocenters. The largest absolute Gasteiger partial charge is 1.00 e. The third-order valence-electron chi connectivity index (χ3n) is 3.59. The molecule has 0 aliphatic heterocycles. The number of nitriles is 1. The van der Waals surface area contributed by atoms with Crippen molar-refractivity contribution < 1.29 is 42.5 Å². The summed E-state index contributed by atoms with van der Waals surface area (Å²) in [5, 5.41) is 17.6. The molecule has 3 aromatic rings. The van der Waals surface area contributed by atoms with Gasteiger partial charge in [-0.2, -0.15) is 5.26 Å². The minimum absolute atomic E-state index is 0. The maximum absolute atomic E-state index is 11.6. The van der Waals surface area contributed by atoms with Gasteiger partial charge in [0.05, 0.1) is 16.1 Å². The molecular formula is C17H11N4NaO3S. The summed E-state index contributed by atoms with van der Waals surface area (Å²) in [6.07, 6.45) is 0. The SMILES string of the molecule is N#Cc1ccccc1N=Nc1cc(S(=O)(=O)[O-])c2ccccc2c1N.[Na+]. The maximum Gasteiger partial charge on any atom is 1.00 e. The molecule has 0 aromatic heterocycles. The van der Waals surface area contributed by atoms with Crippen LogP contribution in [-0.4, -0.2) is 13.0 Å². The van der Waals surface area contributed by atoms with Gasteiger partial charge in [0.2, 0.25) is 0 Å². The number of nitrogen functional groups attached to an aromatic ring is 1. The van der Waals surface area contributed by atoms with Crippen molar-refractivity contribution in [2.75, 3.05) is 5.73 Å². The molecule has 3 aromatic carbocycles. The van der Waals surface area contributed by atoms with E-state index in [1.807, 2.05) is 6.07 Å². The van der Waals surface area contributed by atoms with Crippen molar-refractivity contribution in [3.63, 3.8) is 0 Å². The molecule has 0 radical (unpaired) electrons. The normalized spacial score (nSPS) is 11.2. The average molecular weight is 374 g/mol. The van der Waals surface area contributed by atoms with Gasteiger partial charge in [-0.1, -0.05) is 36.4 Å². The van der Waals surface area contributed by atoms with Crippen LogP contribution in [0.25, 0.3) is 10.8 Å². The molecule has 3 rings (SSSR count). The Labute approximate surface area is 172 Å². The Hall–Kier alpha value is -2.28. The standard InChI is InChI=1S/C17H12N4O3S.Na/c18-10-11-5-1-4-8-14(11)20-21-15-9-16(25(22,23)24)12-6-2-3-7-13(12)17(15)19;/h1-9H,19H2,(H,22,23,24);/q;+1/p-1. The van der Waals surface area contributed by atoms with Crippen molar-refractivity contribution in [3.8, 4) is 6.07 Å². The zero-order valence-corrected chi connectivity index (χ0v) is 16.6. The van der Waals surface area contributed by atoms with E-state index in [0.29, 0.717) is 16.6 Å². The number of benzene rings is 3. The van der Waals surface area contributed by atoms with Gasteiger partial charge in [-0.05, 0) is 18.2 Å². The number of nitrogens with zero attached hydrogens (tertiary/aromatic N) is 3. The van der Waals surface area contributed by atoms with Crippen molar-refractivity contribution >= 4 is 38.0 Å². The third kappa shape index (κ3) is 3.93. The van der Waals surface area contributed by atoms with Gasteiger partial charge in [-0.15, -0.1) is 10.2 Å². The first-order valence-corrected chi connectivity index (χ1v) is 8.50. The van der Waals surface area contributed by atoms with E-state index in [1.165, 1.54) is 6.07 Å². The zero-order valence-electron chi connectivity index (χ0n) is 13.7. The summed E-state index contributed by atoms with van der Waals surface area (Å²) in [6.45, 7) is 0. The average Bonchev–Trinajstić information content (AvgIpc) is 2.60. The van der Waals surface area contributed by atoms with Crippen LogP contribution >= 0.6 is 0 Å². The summed E-state index contributed by atoms with van der Waals surface area (Å²) in [6, 6.07) is 16.0. The Kier molecular flexibility index (Phi) is 6.13. The molecule has 2 N–H and O–H groups in total. The first-order valence-electron chi connectivity index (χ1n) is 7.10. The zero-order chi connectivity index (χ0) is 18.0. The van der Waals surface area contributed by atoms with E-state index in [9.17, 15) is 13.0 Å². The van der Waals surface area contributed by atoms with Crippen LogP contribution in [0.2, 0.25) is 0 Å². The van der Waals surface area contributed by atoms with Crippen LogP contribution in [0.3, 0.4) is 0 Å². The monoisotopic (exact) mass is 374 g/mol. The molecule has 0 amide bonds. The number of hydrogen-bond acceptors (Lipinski definition) is 7. The number of nitrogens with two attached hydrogens (primary N) is 1. The van der Waals surface area contributed by atoms with Crippen LogP contribution < -0.4 is 35.3 Å². The number of azo groups is 1. The molecule has 124 valence electrons. The van der Waals surface area contributed by atoms with Gasteiger partial charge in [0, 0.05) is 10.8 Å². The van der Waals surface area contributed by atoms with Crippen LogP contribution in [0.5, 0.6) is 0 Å². The van der Waals surface area contributed by atoms with E-state index < -0.39 is 15.0 Å². The molecule has 0 spiro atoms. The number of anilines is 1.